The normalized spacial score (nSPS) is 16.7. The molecule has 0 fully saturated rings. The molecule has 3 N–H and O–H groups in total. The Morgan fingerprint density at radius 1 is 1.24 bits per heavy atom. The van der Waals surface area contributed by atoms with Crippen LogP contribution in [0.1, 0.15) is 24.5 Å². The van der Waals surface area contributed by atoms with Gasteiger partial charge in [0, 0.05) is 24.8 Å². The first-order valence-electron chi connectivity index (χ1n) is 8.50. The number of rotatable bonds is 4. The molecular formula is C20H24N2O3. The molecule has 0 spiro atoms. The quantitative estimate of drug-likeness (QED) is 0.896. The summed E-state index contributed by atoms with van der Waals surface area (Å²) in [7, 11) is 2.07. The number of hydrogen-bond acceptors (Lipinski definition) is 4. The van der Waals surface area contributed by atoms with E-state index in [-0.39, 0.29) is 6.42 Å². The second kappa shape index (κ2) is 6.86. The first-order valence-corrected chi connectivity index (χ1v) is 8.50. The average Bonchev–Trinajstić information content (AvgIpc) is 2.82. The van der Waals surface area contributed by atoms with Crippen LogP contribution in [0.3, 0.4) is 0 Å². The minimum Gasteiger partial charge on any atom is -0.375 e. The van der Waals surface area contributed by atoms with Crippen LogP contribution in [0.2, 0.25) is 0 Å². The fourth-order valence-corrected chi connectivity index (χ4v) is 3.22. The number of nitrogens with zero attached hydrogens (tertiary/aromatic N) is 1. The largest absolute Gasteiger partial charge is 0.375 e. The van der Waals surface area contributed by atoms with Crippen molar-refractivity contribution in [3.8, 4) is 11.1 Å². The molecule has 0 saturated carbocycles. The molecule has 1 aliphatic rings. The zero-order valence-corrected chi connectivity index (χ0v) is 14.7. The molecule has 0 radical (unpaired) electrons. The van der Waals surface area contributed by atoms with Gasteiger partial charge in [-0.2, -0.15) is 0 Å². The van der Waals surface area contributed by atoms with E-state index in [1.807, 2.05) is 12.1 Å². The number of fused-ring (bicyclic) bond motifs is 1. The number of carbonyl (C=O) groups is 1. The summed E-state index contributed by atoms with van der Waals surface area (Å²) in [6, 6.07) is 13.7. The van der Waals surface area contributed by atoms with Gasteiger partial charge in [-0.05, 0) is 35.2 Å². The lowest BCUT2D eigenvalue weighted by molar-refractivity contribution is -0.137. The van der Waals surface area contributed by atoms with Crippen molar-refractivity contribution in [1.29, 1.82) is 0 Å². The van der Waals surface area contributed by atoms with E-state index in [1.54, 1.807) is 19.1 Å². The minimum atomic E-state index is -1.62. The number of benzene rings is 2. The molecule has 1 aliphatic heterocycles. The molecule has 0 bridgehead atoms. The fraction of sp³-hybridized carbons (Fsp3) is 0.350. The molecule has 5 heteroatoms. The van der Waals surface area contributed by atoms with Crippen molar-refractivity contribution in [3.05, 3.63) is 53.6 Å². The van der Waals surface area contributed by atoms with Crippen LogP contribution >= 0.6 is 0 Å². The van der Waals surface area contributed by atoms with Crippen molar-refractivity contribution in [2.24, 2.45) is 5.73 Å². The Bertz CT molecular complexity index is 773. The van der Waals surface area contributed by atoms with Crippen LogP contribution in [0.5, 0.6) is 0 Å². The summed E-state index contributed by atoms with van der Waals surface area (Å²) in [6.45, 7) is 3.94. The third-order valence-electron chi connectivity index (χ3n) is 4.93. The SMILES string of the molecule is CCC(O)(C(N)=O)c1ccc(-c2ccc3c(c2)COCCN3C)cc1. The number of carbonyl (C=O) groups excluding carboxylic acids is 1. The van der Waals surface area contributed by atoms with Crippen LogP contribution in [-0.2, 0) is 21.7 Å². The number of aliphatic hydroxyl groups is 1. The summed E-state index contributed by atoms with van der Waals surface area (Å²) < 4.78 is 5.66. The van der Waals surface area contributed by atoms with E-state index in [9.17, 15) is 9.90 Å². The Morgan fingerprint density at radius 3 is 2.56 bits per heavy atom. The molecule has 0 aromatic heterocycles. The van der Waals surface area contributed by atoms with Gasteiger partial charge in [-0.3, -0.25) is 4.79 Å². The number of primary amides is 1. The van der Waals surface area contributed by atoms with E-state index in [1.165, 1.54) is 5.69 Å². The van der Waals surface area contributed by atoms with Crippen LogP contribution in [0.4, 0.5) is 5.69 Å². The number of likely N-dealkylation sites (N-methyl/N-ethyl adjacent to an activating group) is 1. The van der Waals surface area contributed by atoms with Crippen LogP contribution < -0.4 is 10.6 Å². The summed E-state index contributed by atoms with van der Waals surface area (Å²) in [5, 5.41) is 10.5. The van der Waals surface area contributed by atoms with Gasteiger partial charge in [0.25, 0.3) is 5.91 Å². The Morgan fingerprint density at radius 2 is 1.92 bits per heavy atom. The maximum atomic E-state index is 11.6. The lowest BCUT2D eigenvalue weighted by Gasteiger charge is -2.23. The molecule has 1 heterocycles. The number of nitrogens with two attached hydrogens (primary N) is 1. The zero-order chi connectivity index (χ0) is 18.0. The van der Waals surface area contributed by atoms with Crippen molar-refractivity contribution in [2.45, 2.75) is 25.6 Å². The van der Waals surface area contributed by atoms with Gasteiger partial charge < -0.3 is 20.5 Å². The van der Waals surface area contributed by atoms with Gasteiger partial charge in [-0.15, -0.1) is 0 Å². The topological polar surface area (TPSA) is 75.8 Å². The van der Waals surface area contributed by atoms with Gasteiger partial charge in [0.05, 0.1) is 13.2 Å². The summed E-state index contributed by atoms with van der Waals surface area (Å²) in [5.74, 6) is -0.729. The maximum Gasteiger partial charge on any atom is 0.254 e. The van der Waals surface area contributed by atoms with Crippen molar-refractivity contribution in [3.63, 3.8) is 0 Å². The second-order valence-corrected chi connectivity index (χ2v) is 6.47. The molecule has 1 atom stereocenters. The molecule has 0 aliphatic carbocycles. The molecule has 0 saturated heterocycles. The molecular weight excluding hydrogens is 316 g/mol. The fourth-order valence-electron chi connectivity index (χ4n) is 3.22. The van der Waals surface area contributed by atoms with Crippen molar-refractivity contribution in [1.82, 2.24) is 0 Å². The van der Waals surface area contributed by atoms with E-state index in [4.69, 9.17) is 10.5 Å². The molecule has 132 valence electrons. The van der Waals surface area contributed by atoms with Gasteiger partial charge in [0.1, 0.15) is 0 Å². The van der Waals surface area contributed by atoms with Crippen molar-refractivity contribution >= 4 is 11.6 Å². The second-order valence-electron chi connectivity index (χ2n) is 6.47. The monoisotopic (exact) mass is 340 g/mol. The summed E-state index contributed by atoms with van der Waals surface area (Å²) in [6.07, 6.45) is 0.240. The molecule has 25 heavy (non-hydrogen) atoms. The lowest BCUT2D eigenvalue weighted by atomic mass is 9.89. The Balaban J connectivity index is 1.93. The number of amides is 1. The van der Waals surface area contributed by atoms with E-state index < -0.39 is 11.5 Å². The van der Waals surface area contributed by atoms with Crippen LogP contribution in [0, 0.1) is 0 Å². The van der Waals surface area contributed by atoms with Crippen LogP contribution in [-0.4, -0.2) is 31.2 Å². The van der Waals surface area contributed by atoms with Crippen LogP contribution in [0.15, 0.2) is 42.5 Å². The van der Waals surface area contributed by atoms with E-state index in [0.717, 1.165) is 29.8 Å². The highest BCUT2D eigenvalue weighted by Gasteiger charge is 2.33. The third kappa shape index (κ3) is 3.25. The number of hydrogen-bond donors (Lipinski definition) is 2. The summed E-state index contributed by atoms with van der Waals surface area (Å²) in [5.41, 5.74) is 8.69. The zero-order valence-electron chi connectivity index (χ0n) is 14.7. The van der Waals surface area contributed by atoms with Gasteiger partial charge >= 0.3 is 0 Å². The summed E-state index contributed by atoms with van der Waals surface area (Å²) in [4.78, 5) is 13.8. The highest BCUT2D eigenvalue weighted by Crippen LogP contribution is 2.31. The van der Waals surface area contributed by atoms with E-state index in [0.29, 0.717) is 12.2 Å². The lowest BCUT2D eigenvalue weighted by Crippen LogP contribution is -2.40. The van der Waals surface area contributed by atoms with E-state index in [2.05, 4.69) is 30.1 Å². The first-order chi connectivity index (χ1) is 12.0. The highest BCUT2D eigenvalue weighted by atomic mass is 16.5. The molecule has 2 aromatic carbocycles. The first kappa shape index (κ1) is 17.5. The summed E-state index contributed by atoms with van der Waals surface area (Å²) >= 11 is 0. The Labute approximate surface area is 148 Å². The number of ether oxygens (including phenoxy) is 1. The molecule has 1 amide bonds. The maximum absolute atomic E-state index is 11.6. The minimum absolute atomic E-state index is 0.240. The standard InChI is InChI=1S/C20H24N2O3/c1-3-20(24,19(21)23)17-7-4-14(5-8-17)15-6-9-18-16(12-15)13-25-11-10-22(18)2/h4-9,12,24H,3,10-11,13H2,1-2H3,(H2,21,23). The predicted octanol–water partition coefficient (Wildman–Crippen LogP) is 2.40. The van der Waals surface area contributed by atoms with Gasteiger partial charge in [0.2, 0.25) is 0 Å². The predicted molar refractivity (Wildman–Crippen MR) is 98.2 cm³/mol. The molecule has 3 rings (SSSR count). The molecule has 5 nitrogen and oxygen atoms in total. The molecule has 1 unspecified atom stereocenters. The van der Waals surface area contributed by atoms with Crippen molar-refractivity contribution in [2.75, 3.05) is 25.1 Å². The third-order valence-corrected chi connectivity index (χ3v) is 4.93. The van der Waals surface area contributed by atoms with Gasteiger partial charge in [-0.25, -0.2) is 0 Å². The van der Waals surface area contributed by atoms with Crippen LogP contribution in [0.25, 0.3) is 11.1 Å². The van der Waals surface area contributed by atoms with E-state index >= 15 is 0 Å². The molecule has 2 aromatic rings. The highest BCUT2D eigenvalue weighted by molar-refractivity contribution is 5.85. The van der Waals surface area contributed by atoms with Gasteiger partial charge in [-0.1, -0.05) is 37.3 Å². The average molecular weight is 340 g/mol. The Hall–Kier alpha value is -2.37. The smallest absolute Gasteiger partial charge is 0.254 e. The van der Waals surface area contributed by atoms with Gasteiger partial charge in [0.15, 0.2) is 5.60 Å². The number of anilines is 1. The Kier molecular flexibility index (Phi) is 4.79. The van der Waals surface area contributed by atoms with Crippen molar-refractivity contribution < 1.29 is 14.6 Å².